The molecule has 1 aromatic carbocycles. The van der Waals surface area contributed by atoms with Gasteiger partial charge in [0.1, 0.15) is 0 Å². The second-order valence-corrected chi connectivity index (χ2v) is 5.57. The lowest BCUT2D eigenvalue weighted by Crippen LogP contribution is -2.09. The fourth-order valence-corrected chi connectivity index (χ4v) is 1.41. The van der Waals surface area contributed by atoms with Crippen LogP contribution < -0.4 is 5.73 Å². The highest BCUT2D eigenvalue weighted by Gasteiger charge is 2.09. The minimum atomic E-state index is 0.335. The van der Waals surface area contributed by atoms with Gasteiger partial charge in [-0.25, -0.2) is 0 Å². The Labute approximate surface area is 111 Å². The maximum Gasteiger partial charge on any atom is 0.0716 e. The van der Waals surface area contributed by atoms with Crippen molar-refractivity contribution in [2.45, 2.75) is 33.8 Å². The number of nitrogens with two attached hydrogens (primary N) is 1. The van der Waals surface area contributed by atoms with Gasteiger partial charge < -0.3 is 10.5 Å². The van der Waals surface area contributed by atoms with Crippen LogP contribution in [0.25, 0.3) is 0 Å². The molecule has 1 aromatic rings. The van der Waals surface area contributed by atoms with E-state index in [9.17, 15) is 0 Å². The van der Waals surface area contributed by atoms with Crippen molar-refractivity contribution >= 4 is 0 Å². The Bertz CT molecular complexity index is 403. The molecule has 0 radical (unpaired) electrons. The molecular formula is C16H23NO. The second kappa shape index (κ2) is 7.20. The van der Waals surface area contributed by atoms with Gasteiger partial charge in [0.15, 0.2) is 0 Å². The normalized spacial score (nSPS) is 10.9. The van der Waals surface area contributed by atoms with Crippen LogP contribution >= 0.6 is 0 Å². The Morgan fingerprint density at radius 2 is 1.83 bits per heavy atom. The standard InChI is InChI=1S/C16H23NO/c1-16(2,3)10-12-18-13-15-8-6-14(7-9-15)5-4-11-17/h6-9H,10-13,17H2,1-3H3. The largest absolute Gasteiger partial charge is 0.377 e. The van der Waals surface area contributed by atoms with Crippen molar-refractivity contribution in [3.63, 3.8) is 0 Å². The van der Waals surface area contributed by atoms with Crippen molar-refractivity contribution in [1.29, 1.82) is 0 Å². The summed E-state index contributed by atoms with van der Waals surface area (Å²) in [6.07, 6.45) is 1.08. The van der Waals surface area contributed by atoms with Crippen molar-refractivity contribution < 1.29 is 4.74 Å². The maximum absolute atomic E-state index is 5.66. The van der Waals surface area contributed by atoms with Gasteiger partial charge in [-0.2, -0.15) is 0 Å². The predicted molar refractivity (Wildman–Crippen MR) is 76.1 cm³/mol. The Kier molecular flexibility index (Phi) is 5.91. The second-order valence-electron chi connectivity index (χ2n) is 5.57. The fraction of sp³-hybridized carbons (Fsp3) is 0.500. The van der Waals surface area contributed by atoms with E-state index < -0.39 is 0 Å². The molecule has 0 aliphatic carbocycles. The van der Waals surface area contributed by atoms with Crippen molar-refractivity contribution in [3.8, 4) is 11.8 Å². The van der Waals surface area contributed by atoms with E-state index in [2.05, 4.69) is 44.7 Å². The summed E-state index contributed by atoms with van der Waals surface area (Å²) in [4.78, 5) is 0. The van der Waals surface area contributed by atoms with E-state index in [4.69, 9.17) is 10.5 Å². The SMILES string of the molecule is CC(C)(C)CCOCc1ccc(C#CCN)cc1. The average molecular weight is 245 g/mol. The minimum Gasteiger partial charge on any atom is -0.377 e. The van der Waals surface area contributed by atoms with Crippen LogP contribution in [0, 0.1) is 17.3 Å². The van der Waals surface area contributed by atoms with Gasteiger partial charge in [0.2, 0.25) is 0 Å². The van der Waals surface area contributed by atoms with Crippen LogP contribution in [0.15, 0.2) is 24.3 Å². The van der Waals surface area contributed by atoms with Gasteiger partial charge in [0.05, 0.1) is 13.2 Å². The number of benzene rings is 1. The fourth-order valence-electron chi connectivity index (χ4n) is 1.41. The molecular weight excluding hydrogens is 222 g/mol. The van der Waals surface area contributed by atoms with Gasteiger partial charge >= 0.3 is 0 Å². The van der Waals surface area contributed by atoms with Crippen LogP contribution in [0.2, 0.25) is 0 Å². The Balaban J connectivity index is 2.35. The summed E-state index contributed by atoms with van der Waals surface area (Å²) in [7, 11) is 0. The molecule has 0 aromatic heterocycles. The zero-order valence-electron chi connectivity index (χ0n) is 11.6. The summed E-state index contributed by atoms with van der Waals surface area (Å²) in [6.45, 7) is 8.54. The first-order chi connectivity index (χ1) is 8.51. The lowest BCUT2D eigenvalue weighted by atomic mass is 9.93. The highest BCUT2D eigenvalue weighted by molar-refractivity contribution is 5.36. The van der Waals surface area contributed by atoms with Crippen molar-refractivity contribution in [3.05, 3.63) is 35.4 Å². The number of rotatable bonds is 4. The zero-order valence-corrected chi connectivity index (χ0v) is 11.6. The van der Waals surface area contributed by atoms with Crippen LogP contribution in [0.5, 0.6) is 0 Å². The lowest BCUT2D eigenvalue weighted by Gasteiger charge is -2.17. The molecule has 0 fully saturated rings. The monoisotopic (exact) mass is 245 g/mol. The molecule has 2 nitrogen and oxygen atoms in total. The predicted octanol–water partition coefficient (Wildman–Crippen LogP) is 2.95. The average Bonchev–Trinajstić information content (AvgIpc) is 2.32. The van der Waals surface area contributed by atoms with Gasteiger partial charge in [0, 0.05) is 12.2 Å². The van der Waals surface area contributed by atoms with E-state index in [1.165, 1.54) is 5.56 Å². The molecule has 0 unspecified atom stereocenters. The van der Waals surface area contributed by atoms with Gasteiger partial charge in [-0.1, -0.05) is 44.7 Å². The number of ether oxygens (including phenoxy) is 1. The Morgan fingerprint density at radius 3 is 2.39 bits per heavy atom. The molecule has 0 saturated carbocycles. The Hall–Kier alpha value is -1.30. The molecule has 0 spiro atoms. The highest BCUT2D eigenvalue weighted by Crippen LogP contribution is 2.18. The van der Waals surface area contributed by atoms with Crippen molar-refractivity contribution in [2.24, 2.45) is 11.1 Å². The summed E-state index contributed by atoms with van der Waals surface area (Å²) in [5, 5.41) is 0. The van der Waals surface area contributed by atoms with E-state index in [0.29, 0.717) is 18.6 Å². The molecule has 18 heavy (non-hydrogen) atoms. The van der Waals surface area contributed by atoms with Crippen LogP contribution in [0.1, 0.15) is 38.3 Å². The quantitative estimate of drug-likeness (QED) is 0.654. The molecule has 0 heterocycles. The highest BCUT2D eigenvalue weighted by atomic mass is 16.5. The molecule has 0 atom stereocenters. The van der Waals surface area contributed by atoms with E-state index >= 15 is 0 Å². The zero-order chi connectivity index (χ0) is 13.4. The maximum atomic E-state index is 5.66. The van der Waals surface area contributed by atoms with Gasteiger partial charge in [-0.15, -0.1) is 0 Å². The van der Waals surface area contributed by atoms with Gasteiger partial charge in [0.25, 0.3) is 0 Å². The van der Waals surface area contributed by atoms with Gasteiger partial charge in [-0.05, 0) is 29.5 Å². The Morgan fingerprint density at radius 1 is 1.17 bits per heavy atom. The molecule has 2 heteroatoms. The first-order valence-electron chi connectivity index (χ1n) is 6.37. The smallest absolute Gasteiger partial charge is 0.0716 e. The third-order valence-corrected chi connectivity index (χ3v) is 2.55. The number of hydrogen-bond acceptors (Lipinski definition) is 2. The van der Waals surface area contributed by atoms with Crippen LogP contribution in [0.3, 0.4) is 0 Å². The van der Waals surface area contributed by atoms with E-state index in [1.807, 2.05) is 12.1 Å². The van der Waals surface area contributed by atoms with Gasteiger partial charge in [-0.3, -0.25) is 0 Å². The molecule has 0 saturated heterocycles. The molecule has 98 valence electrons. The summed E-state index contributed by atoms with van der Waals surface area (Å²) >= 11 is 0. The molecule has 0 amide bonds. The first kappa shape index (κ1) is 14.8. The molecule has 1 rings (SSSR count). The third kappa shape index (κ3) is 6.44. The van der Waals surface area contributed by atoms with E-state index in [1.54, 1.807) is 0 Å². The molecule has 0 aliphatic rings. The van der Waals surface area contributed by atoms with Crippen LogP contribution in [-0.4, -0.2) is 13.2 Å². The molecule has 0 aliphatic heterocycles. The minimum absolute atomic E-state index is 0.335. The molecule has 0 bridgehead atoms. The molecule has 2 N–H and O–H groups in total. The van der Waals surface area contributed by atoms with Crippen molar-refractivity contribution in [1.82, 2.24) is 0 Å². The van der Waals surface area contributed by atoms with Crippen LogP contribution in [0.4, 0.5) is 0 Å². The summed E-state index contributed by atoms with van der Waals surface area (Å²) < 4.78 is 5.66. The number of hydrogen-bond donors (Lipinski definition) is 1. The van der Waals surface area contributed by atoms with E-state index in [-0.39, 0.29) is 0 Å². The summed E-state index contributed by atoms with van der Waals surface area (Å²) in [5.41, 5.74) is 7.85. The lowest BCUT2D eigenvalue weighted by molar-refractivity contribution is 0.0962. The van der Waals surface area contributed by atoms with Crippen LogP contribution in [-0.2, 0) is 11.3 Å². The topological polar surface area (TPSA) is 35.2 Å². The summed E-state index contributed by atoms with van der Waals surface area (Å²) in [6, 6.07) is 8.12. The van der Waals surface area contributed by atoms with E-state index in [0.717, 1.165) is 18.6 Å². The summed E-state index contributed by atoms with van der Waals surface area (Å²) in [5.74, 6) is 5.84. The first-order valence-corrected chi connectivity index (χ1v) is 6.37. The third-order valence-electron chi connectivity index (χ3n) is 2.55. The van der Waals surface area contributed by atoms with Crippen molar-refractivity contribution in [2.75, 3.05) is 13.2 Å².